The van der Waals surface area contributed by atoms with Crippen LogP contribution in [0.3, 0.4) is 0 Å². The molecule has 160 valence electrons. The summed E-state index contributed by atoms with van der Waals surface area (Å²) in [5.74, 6) is -0.333. The Balaban J connectivity index is 1.41. The van der Waals surface area contributed by atoms with Gasteiger partial charge in [-0.3, -0.25) is 4.79 Å². The molecule has 0 fully saturated rings. The number of carbonyl (C=O) groups is 1. The van der Waals surface area contributed by atoms with E-state index in [1.807, 2.05) is 25.2 Å². The van der Waals surface area contributed by atoms with E-state index in [0.717, 1.165) is 16.9 Å². The van der Waals surface area contributed by atoms with Gasteiger partial charge >= 0.3 is 11.8 Å². The summed E-state index contributed by atoms with van der Waals surface area (Å²) in [5, 5.41) is 13.1. The van der Waals surface area contributed by atoms with Gasteiger partial charge in [0.15, 0.2) is 0 Å². The Hall–Kier alpha value is -3.99. The molecule has 0 bridgehead atoms. The molecule has 6 rings (SSSR count). The van der Waals surface area contributed by atoms with Crippen molar-refractivity contribution in [1.29, 1.82) is 0 Å². The highest BCUT2D eigenvalue weighted by molar-refractivity contribution is 6.29. The third-order valence-electron chi connectivity index (χ3n) is 5.46. The second-order valence-corrected chi connectivity index (χ2v) is 7.90. The summed E-state index contributed by atoms with van der Waals surface area (Å²) in [6.45, 7) is 0.432. The van der Waals surface area contributed by atoms with Crippen molar-refractivity contribution in [2.75, 3.05) is 6.54 Å². The van der Waals surface area contributed by atoms with Crippen molar-refractivity contribution in [2.24, 2.45) is 7.05 Å². The van der Waals surface area contributed by atoms with Gasteiger partial charge in [-0.05, 0) is 18.2 Å². The highest BCUT2D eigenvalue weighted by atomic mass is 35.5. The van der Waals surface area contributed by atoms with E-state index in [1.54, 1.807) is 38.9 Å². The van der Waals surface area contributed by atoms with Gasteiger partial charge in [-0.15, -0.1) is 10.2 Å². The van der Waals surface area contributed by atoms with Gasteiger partial charge in [0, 0.05) is 31.9 Å². The minimum absolute atomic E-state index is 0.114. The van der Waals surface area contributed by atoms with Gasteiger partial charge in [-0.2, -0.15) is 5.10 Å². The summed E-state index contributed by atoms with van der Waals surface area (Å²) < 4.78 is 9.06. The summed E-state index contributed by atoms with van der Waals surface area (Å²) in [7, 11) is 1.83. The zero-order valence-corrected chi connectivity index (χ0v) is 17.6. The first-order valence-corrected chi connectivity index (χ1v) is 10.3. The van der Waals surface area contributed by atoms with Crippen molar-refractivity contribution in [3.63, 3.8) is 0 Å². The van der Waals surface area contributed by atoms with Crippen molar-refractivity contribution in [3.05, 3.63) is 71.2 Å². The van der Waals surface area contributed by atoms with Gasteiger partial charge < -0.3 is 18.9 Å². The number of nitrogens with zero attached hydrogens (tertiary/aromatic N) is 8. The first kappa shape index (κ1) is 18.8. The van der Waals surface area contributed by atoms with Gasteiger partial charge in [-0.25, -0.2) is 14.5 Å². The fraction of sp³-hybridized carbons (Fsp3) is 0.200. The van der Waals surface area contributed by atoms with Crippen LogP contribution in [0.25, 0.3) is 17.1 Å². The zero-order chi connectivity index (χ0) is 21.8. The van der Waals surface area contributed by atoms with Crippen molar-refractivity contribution in [1.82, 2.24) is 44.2 Å². The number of carbonyl (C=O) groups excluding carboxylic acids is 1. The number of hydrogen-bond donors (Lipinski definition) is 1. The average Bonchev–Trinajstić information content (AvgIpc) is 3.57. The van der Waals surface area contributed by atoms with E-state index in [-0.39, 0.29) is 11.8 Å². The Kier molecular flexibility index (Phi) is 4.12. The zero-order valence-electron chi connectivity index (χ0n) is 16.8. The maximum Gasteiger partial charge on any atom is 0.312 e. The first-order chi connectivity index (χ1) is 15.6. The summed E-state index contributed by atoms with van der Waals surface area (Å²) >= 11 is 6.30. The van der Waals surface area contributed by atoms with Gasteiger partial charge in [-0.1, -0.05) is 17.7 Å². The van der Waals surface area contributed by atoms with E-state index in [2.05, 4.69) is 30.2 Å². The third-order valence-corrected chi connectivity index (χ3v) is 5.74. The molecule has 6 heterocycles. The van der Waals surface area contributed by atoms with Crippen molar-refractivity contribution in [3.8, 4) is 11.6 Å². The molecule has 11 nitrogen and oxygen atoms in total. The fourth-order valence-corrected chi connectivity index (χ4v) is 4.20. The molecule has 1 aliphatic rings. The number of hydrogen-bond acceptors (Lipinski definition) is 7. The van der Waals surface area contributed by atoms with Crippen LogP contribution in [0.4, 0.5) is 0 Å². The van der Waals surface area contributed by atoms with E-state index in [0.29, 0.717) is 29.5 Å². The molecule has 5 aromatic heterocycles. The van der Waals surface area contributed by atoms with Gasteiger partial charge in [0.1, 0.15) is 16.9 Å². The van der Waals surface area contributed by atoms with E-state index in [1.165, 1.54) is 0 Å². The molecule has 0 saturated carbocycles. The van der Waals surface area contributed by atoms with Crippen LogP contribution in [0.15, 0.2) is 47.5 Å². The second kappa shape index (κ2) is 7.02. The monoisotopic (exact) mass is 449 g/mol. The fourth-order valence-electron chi connectivity index (χ4n) is 3.99. The molecule has 1 aliphatic heterocycles. The Bertz CT molecular complexity index is 1460. The summed E-state index contributed by atoms with van der Waals surface area (Å²) in [5.41, 5.74) is 3.65. The minimum atomic E-state index is -0.529. The number of rotatable bonds is 3. The number of amides is 1. The predicted molar refractivity (Wildman–Crippen MR) is 112 cm³/mol. The van der Waals surface area contributed by atoms with Crippen LogP contribution in [0.1, 0.15) is 33.8 Å². The Labute approximate surface area is 185 Å². The van der Waals surface area contributed by atoms with Crippen LogP contribution in [0.5, 0.6) is 0 Å². The molecule has 0 aliphatic carbocycles. The number of nitrogens with one attached hydrogen (secondary N) is 1. The number of aryl methyl sites for hydroxylation is 1. The minimum Gasteiger partial charge on any atom is -0.411 e. The Morgan fingerprint density at radius 1 is 1.28 bits per heavy atom. The smallest absolute Gasteiger partial charge is 0.312 e. The van der Waals surface area contributed by atoms with Crippen molar-refractivity contribution < 1.29 is 9.21 Å². The molecule has 0 aromatic carbocycles. The largest absolute Gasteiger partial charge is 0.411 e. The molecule has 0 spiro atoms. The van der Waals surface area contributed by atoms with E-state index >= 15 is 0 Å². The summed E-state index contributed by atoms with van der Waals surface area (Å²) in [6, 6.07) is 6.88. The van der Waals surface area contributed by atoms with Crippen molar-refractivity contribution in [2.45, 2.75) is 12.5 Å². The molecule has 0 unspecified atom stereocenters. The number of halogens is 1. The van der Waals surface area contributed by atoms with Gasteiger partial charge in [0.2, 0.25) is 0 Å². The number of imidazole rings is 2. The van der Waals surface area contributed by atoms with Crippen LogP contribution < -0.4 is 0 Å². The van der Waals surface area contributed by atoms with Crippen molar-refractivity contribution >= 4 is 23.0 Å². The van der Waals surface area contributed by atoms with Crippen LogP contribution in [-0.4, -0.2) is 56.7 Å². The normalized spacial score (nSPS) is 15.9. The maximum absolute atomic E-state index is 13.5. The summed E-state index contributed by atoms with van der Waals surface area (Å²) in [4.78, 5) is 26.9. The third kappa shape index (κ3) is 2.89. The molecule has 32 heavy (non-hydrogen) atoms. The molecule has 1 N–H and O–H groups in total. The molecule has 5 aromatic rings. The quantitative estimate of drug-likeness (QED) is 0.419. The Morgan fingerprint density at radius 2 is 2.19 bits per heavy atom. The number of aromatic nitrogens is 8. The molecule has 1 atom stereocenters. The lowest BCUT2D eigenvalue weighted by atomic mass is 9.99. The maximum atomic E-state index is 13.5. The van der Waals surface area contributed by atoms with Crippen LogP contribution in [0, 0.1) is 0 Å². The highest BCUT2D eigenvalue weighted by Crippen LogP contribution is 2.34. The summed E-state index contributed by atoms with van der Waals surface area (Å²) in [6.07, 6.45) is 5.60. The van der Waals surface area contributed by atoms with Crippen LogP contribution in [0.2, 0.25) is 5.15 Å². The van der Waals surface area contributed by atoms with Crippen LogP contribution >= 0.6 is 11.6 Å². The standard InChI is InChI=1S/C20H16ClN9O2/c1-28-8-14(24-10-28)18-25-26-19(32-18)20(31)29-6-5-12-16(23-9-22-12)17(29)13-7-11-3-2-4-15(21)30(11)27-13/h2-4,7-10,17H,5-6H2,1H3,(H,22,23)/t17-/m1/s1. The first-order valence-electron chi connectivity index (χ1n) is 9.87. The molecule has 0 saturated heterocycles. The highest BCUT2D eigenvalue weighted by Gasteiger charge is 2.38. The second-order valence-electron chi connectivity index (χ2n) is 7.51. The van der Waals surface area contributed by atoms with Crippen LogP contribution in [-0.2, 0) is 13.5 Å². The molecular weight excluding hydrogens is 434 g/mol. The molecular formula is C20H16ClN9O2. The lowest BCUT2D eigenvalue weighted by Gasteiger charge is -2.32. The lowest BCUT2D eigenvalue weighted by Crippen LogP contribution is -2.41. The number of aromatic amines is 1. The van der Waals surface area contributed by atoms with E-state index in [4.69, 9.17) is 16.0 Å². The number of H-pyrrole nitrogens is 1. The van der Waals surface area contributed by atoms with Gasteiger partial charge in [0.25, 0.3) is 5.89 Å². The predicted octanol–water partition coefficient (Wildman–Crippen LogP) is 2.28. The number of pyridine rings is 1. The topological polar surface area (TPSA) is 123 Å². The average molecular weight is 450 g/mol. The van der Waals surface area contributed by atoms with E-state index < -0.39 is 11.9 Å². The van der Waals surface area contributed by atoms with E-state index in [9.17, 15) is 4.79 Å². The van der Waals surface area contributed by atoms with Gasteiger partial charge in [0.05, 0.1) is 29.6 Å². The molecule has 12 heteroatoms. The lowest BCUT2D eigenvalue weighted by molar-refractivity contribution is 0.0646. The number of fused-ring (bicyclic) bond motifs is 2. The Morgan fingerprint density at radius 3 is 3.00 bits per heavy atom. The SMILES string of the molecule is Cn1cnc(-c2nnc(C(=O)N3CCc4[nH]cnc4[C@H]3c3cc4cccc(Cl)n4n3)o2)c1. The molecule has 1 amide bonds. The molecule has 0 radical (unpaired) electrons.